The van der Waals surface area contributed by atoms with E-state index >= 15 is 0 Å². The predicted molar refractivity (Wildman–Crippen MR) is 114 cm³/mol. The number of ether oxygens (including phenoxy) is 2. The van der Waals surface area contributed by atoms with E-state index in [9.17, 15) is 4.39 Å². The molecule has 0 saturated carbocycles. The summed E-state index contributed by atoms with van der Waals surface area (Å²) in [7, 11) is 0. The molecular weight excluding hydrogens is 377 g/mol. The van der Waals surface area contributed by atoms with Gasteiger partial charge in [-0.3, -0.25) is 4.90 Å². The summed E-state index contributed by atoms with van der Waals surface area (Å²) in [5, 5.41) is 0. The monoisotopic (exact) mass is 401 g/mol. The molecule has 3 atom stereocenters. The lowest BCUT2D eigenvalue weighted by molar-refractivity contribution is 0.0963. The topological polar surface area (TPSA) is 21.7 Å². The SMILES string of the molecule is C[C@H]1C2CCN(Cc3ccc4c(c3)OCO4)C1c1cc(-c3ccc(F)cc3)ccc12. The van der Waals surface area contributed by atoms with Crippen molar-refractivity contribution < 1.29 is 13.9 Å². The highest BCUT2D eigenvalue weighted by molar-refractivity contribution is 5.66. The van der Waals surface area contributed by atoms with Crippen molar-refractivity contribution in [2.24, 2.45) is 5.92 Å². The van der Waals surface area contributed by atoms with Crippen LogP contribution in [0.3, 0.4) is 0 Å². The van der Waals surface area contributed by atoms with E-state index in [1.807, 2.05) is 18.2 Å². The minimum Gasteiger partial charge on any atom is -0.454 e. The molecule has 1 saturated heterocycles. The average Bonchev–Trinajstić information content (AvgIpc) is 3.28. The van der Waals surface area contributed by atoms with Gasteiger partial charge in [0.1, 0.15) is 5.82 Å². The van der Waals surface area contributed by atoms with Gasteiger partial charge in [0.25, 0.3) is 0 Å². The molecule has 152 valence electrons. The first-order chi connectivity index (χ1) is 14.7. The number of likely N-dealkylation sites (tertiary alicyclic amines) is 1. The third kappa shape index (κ3) is 2.82. The summed E-state index contributed by atoms with van der Waals surface area (Å²) in [4.78, 5) is 2.61. The van der Waals surface area contributed by atoms with Crippen LogP contribution < -0.4 is 9.47 Å². The zero-order chi connectivity index (χ0) is 20.2. The molecule has 1 aliphatic carbocycles. The van der Waals surface area contributed by atoms with E-state index in [0.717, 1.165) is 35.7 Å². The first-order valence-corrected chi connectivity index (χ1v) is 10.7. The van der Waals surface area contributed by atoms with Crippen molar-refractivity contribution in [3.63, 3.8) is 0 Å². The minimum absolute atomic E-state index is 0.195. The predicted octanol–water partition coefficient (Wildman–Crippen LogP) is 5.90. The second-order valence-electron chi connectivity index (χ2n) is 8.71. The Labute approximate surface area is 176 Å². The quantitative estimate of drug-likeness (QED) is 0.545. The Morgan fingerprint density at radius 1 is 0.900 bits per heavy atom. The third-order valence-corrected chi connectivity index (χ3v) is 7.06. The van der Waals surface area contributed by atoms with Gasteiger partial charge in [0, 0.05) is 12.6 Å². The fourth-order valence-electron chi connectivity index (χ4n) is 5.62. The Morgan fingerprint density at radius 3 is 2.57 bits per heavy atom. The first-order valence-electron chi connectivity index (χ1n) is 10.7. The van der Waals surface area contributed by atoms with Crippen LogP contribution >= 0.6 is 0 Å². The molecule has 3 nitrogen and oxygen atoms in total. The number of hydrogen-bond acceptors (Lipinski definition) is 3. The molecule has 0 amide bonds. The maximum absolute atomic E-state index is 13.4. The highest BCUT2D eigenvalue weighted by atomic mass is 19.1. The van der Waals surface area contributed by atoms with Crippen molar-refractivity contribution in [2.75, 3.05) is 13.3 Å². The van der Waals surface area contributed by atoms with E-state index in [4.69, 9.17) is 9.47 Å². The molecule has 2 bridgehead atoms. The number of halogens is 1. The van der Waals surface area contributed by atoms with Crippen molar-refractivity contribution in [1.29, 1.82) is 0 Å². The number of piperidine rings is 1. The van der Waals surface area contributed by atoms with Crippen molar-refractivity contribution in [3.8, 4) is 22.6 Å². The number of benzene rings is 3. The molecule has 2 aliphatic heterocycles. The zero-order valence-electron chi connectivity index (χ0n) is 17.0. The standard InChI is InChI=1S/C26H24FNO2/c1-16-21-10-11-28(14-17-2-9-24-25(12-17)30-15-29-24)26(16)23-13-19(5-8-22(21)23)18-3-6-20(27)7-4-18/h2-9,12-13,16,21,26H,10-11,14-15H2,1H3/t16-,21?,26?/m0/s1. The smallest absolute Gasteiger partial charge is 0.231 e. The van der Waals surface area contributed by atoms with Gasteiger partial charge in [-0.2, -0.15) is 0 Å². The second kappa shape index (κ2) is 6.85. The van der Waals surface area contributed by atoms with Crippen LogP contribution in [-0.4, -0.2) is 18.2 Å². The summed E-state index contributed by atoms with van der Waals surface area (Å²) in [5.74, 6) is 2.70. The number of fused-ring (bicyclic) bond motifs is 6. The van der Waals surface area contributed by atoms with Gasteiger partial charge in [-0.1, -0.05) is 37.3 Å². The average molecular weight is 401 g/mol. The minimum atomic E-state index is -0.195. The highest BCUT2D eigenvalue weighted by Crippen LogP contribution is 2.54. The van der Waals surface area contributed by atoms with Gasteiger partial charge in [0.2, 0.25) is 6.79 Å². The van der Waals surface area contributed by atoms with E-state index in [1.165, 1.54) is 35.2 Å². The van der Waals surface area contributed by atoms with Gasteiger partial charge < -0.3 is 9.47 Å². The lowest BCUT2D eigenvalue weighted by Gasteiger charge is -2.38. The van der Waals surface area contributed by atoms with Gasteiger partial charge in [0.15, 0.2) is 11.5 Å². The molecule has 2 unspecified atom stereocenters. The Kier molecular flexibility index (Phi) is 4.10. The van der Waals surface area contributed by atoms with Crippen molar-refractivity contribution in [1.82, 2.24) is 4.90 Å². The van der Waals surface area contributed by atoms with Gasteiger partial charge in [-0.25, -0.2) is 4.39 Å². The lowest BCUT2D eigenvalue weighted by Crippen LogP contribution is -2.36. The van der Waals surface area contributed by atoms with Gasteiger partial charge in [-0.15, -0.1) is 0 Å². The molecule has 0 aromatic heterocycles. The summed E-state index contributed by atoms with van der Waals surface area (Å²) in [5.41, 5.74) is 6.42. The highest BCUT2D eigenvalue weighted by Gasteiger charge is 2.44. The van der Waals surface area contributed by atoms with Crippen LogP contribution in [0, 0.1) is 11.7 Å². The lowest BCUT2D eigenvalue weighted by atomic mass is 9.85. The van der Waals surface area contributed by atoms with Crippen molar-refractivity contribution in [2.45, 2.75) is 31.8 Å². The summed E-state index contributed by atoms with van der Waals surface area (Å²) in [6, 6.07) is 20.3. The number of rotatable bonds is 3. The van der Waals surface area contributed by atoms with E-state index < -0.39 is 0 Å². The van der Waals surface area contributed by atoms with Crippen LogP contribution in [-0.2, 0) is 6.54 Å². The van der Waals surface area contributed by atoms with Crippen LogP contribution in [0.1, 0.15) is 42.0 Å². The van der Waals surface area contributed by atoms with Crippen molar-refractivity contribution in [3.05, 3.63) is 83.2 Å². The Bertz CT molecular complexity index is 1110. The van der Waals surface area contributed by atoms with Crippen LogP contribution in [0.5, 0.6) is 11.5 Å². The van der Waals surface area contributed by atoms with Gasteiger partial charge in [0.05, 0.1) is 0 Å². The number of nitrogens with zero attached hydrogens (tertiary/aromatic N) is 1. The number of hydrogen-bond donors (Lipinski definition) is 0. The Morgan fingerprint density at radius 2 is 1.70 bits per heavy atom. The van der Waals surface area contributed by atoms with Crippen molar-refractivity contribution >= 4 is 0 Å². The molecule has 0 N–H and O–H groups in total. The fraction of sp³-hybridized carbons (Fsp3) is 0.308. The Balaban J connectivity index is 1.34. The van der Waals surface area contributed by atoms with Crippen LogP contribution in [0.2, 0.25) is 0 Å². The van der Waals surface area contributed by atoms with E-state index in [2.05, 4.69) is 42.2 Å². The molecule has 30 heavy (non-hydrogen) atoms. The molecule has 3 aliphatic rings. The fourth-order valence-corrected chi connectivity index (χ4v) is 5.62. The molecule has 6 rings (SSSR count). The molecule has 4 heteroatoms. The third-order valence-electron chi connectivity index (χ3n) is 7.06. The van der Waals surface area contributed by atoms with Gasteiger partial charge >= 0.3 is 0 Å². The molecule has 0 radical (unpaired) electrons. The summed E-state index contributed by atoms with van der Waals surface area (Å²) in [6.07, 6.45) is 1.19. The normalized spacial score (nSPS) is 24.1. The molecule has 3 aromatic carbocycles. The van der Waals surface area contributed by atoms with Crippen LogP contribution in [0.4, 0.5) is 4.39 Å². The zero-order valence-corrected chi connectivity index (χ0v) is 17.0. The molecule has 2 heterocycles. The largest absolute Gasteiger partial charge is 0.454 e. The second-order valence-corrected chi connectivity index (χ2v) is 8.71. The molecule has 1 fully saturated rings. The maximum atomic E-state index is 13.4. The molecule has 0 spiro atoms. The first kappa shape index (κ1) is 18.0. The van der Waals surface area contributed by atoms with E-state index in [-0.39, 0.29) is 5.82 Å². The summed E-state index contributed by atoms with van der Waals surface area (Å²) < 4.78 is 24.4. The van der Waals surface area contributed by atoms with Gasteiger partial charge in [-0.05, 0) is 83.0 Å². The molecule has 3 aromatic rings. The van der Waals surface area contributed by atoms with Crippen LogP contribution in [0.25, 0.3) is 11.1 Å². The maximum Gasteiger partial charge on any atom is 0.231 e. The Hall–Kier alpha value is -2.85. The summed E-state index contributed by atoms with van der Waals surface area (Å²) in [6.45, 7) is 4.69. The van der Waals surface area contributed by atoms with E-state index in [0.29, 0.717) is 24.7 Å². The molecular formula is C26H24FNO2. The van der Waals surface area contributed by atoms with E-state index in [1.54, 1.807) is 0 Å². The summed E-state index contributed by atoms with van der Waals surface area (Å²) >= 11 is 0. The van der Waals surface area contributed by atoms with Crippen LogP contribution in [0.15, 0.2) is 60.7 Å².